The highest BCUT2D eigenvalue weighted by atomic mass is 19.4. The lowest BCUT2D eigenvalue weighted by atomic mass is 9.99. The Kier molecular flexibility index (Phi) is 6.84. The molecule has 1 aromatic carbocycles. The van der Waals surface area contributed by atoms with E-state index in [9.17, 15) is 13.2 Å². The van der Waals surface area contributed by atoms with Crippen molar-refractivity contribution in [3.05, 3.63) is 41.5 Å². The van der Waals surface area contributed by atoms with Crippen LogP contribution in [0.5, 0.6) is 0 Å². The zero-order chi connectivity index (χ0) is 23.7. The van der Waals surface area contributed by atoms with Crippen molar-refractivity contribution in [3.63, 3.8) is 0 Å². The van der Waals surface area contributed by atoms with Gasteiger partial charge in [0.1, 0.15) is 11.6 Å². The monoisotopic (exact) mass is 477 g/mol. The van der Waals surface area contributed by atoms with E-state index in [0.717, 1.165) is 95.3 Å². The number of aromatic nitrogens is 3. The second kappa shape index (κ2) is 9.85. The Balaban J connectivity index is 1.09. The first-order valence-electron chi connectivity index (χ1n) is 12.5. The first-order valence-corrected chi connectivity index (χ1v) is 12.5. The topological polar surface area (TPSA) is 46.4 Å². The summed E-state index contributed by atoms with van der Waals surface area (Å²) in [7, 11) is 2.08. The van der Waals surface area contributed by atoms with E-state index in [4.69, 9.17) is 4.74 Å². The smallest absolute Gasteiger partial charge is 0.381 e. The maximum Gasteiger partial charge on any atom is 0.416 e. The summed E-state index contributed by atoms with van der Waals surface area (Å²) in [6, 6.07) is 6.06. The predicted octanol–water partition coefficient (Wildman–Crippen LogP) is 4.26. The first kappa shape index (κ1) is 23.6. The van der Waals surface area contributed by atoms with Crippen LogP contribution in [0.1, 0.15) is 55.2 Å². The number of hydrogen-bond donors (Lipinski definition) is 0. The van der Waals surface area contributed by atoms with Gasteiger partial charge in [-0.25, -0.2) is 0 Å². The Labute approximate surface area is 199 Å². The minimum Gasteiger partial charge on any atom is -0.381 e. The Morgan fingerprint density at radius 2 is 1.76 bits per heavy atom. The van der Waals surface area contributed by atoms with Crippen LogP contribution in [0.2, 0.25) is 0 Å². The van der Waals surface area contributed by atoms with Crippen molar-refractivity contribution in [2.24, 2.45) is 13.0 Å². The minimum absolute atomic E-state index is 0.400. The average molecular weight is 478 g/mol. The van der Waals surface area contributed by atoms with Gasteiger partial charge in [-0.15, -0.1) is 10.2 Å². The summed E-state index contributed by atoms with van der Waals surface area (Å²) in [6.07, 6.45) is 1.99. The molecular formula is C25H34F3N5O. The maximum atomic E-state index is 12.9. The Bertz CT molecular complexity index is 954. The summed E-state index contributed by atoms with van der Waals surface area (Å²) in [5, 5.41) is 8.92. The molecule has 9 heteroatoms. The number of halogens is 3. The Morgan fingerprint density at radius 1 is 1.00 bits per heavy atom. The molecule has 0 spiro atoms. The quantitative estimate of drug-likeness (QED) is 0.558. The molecule has 186 valence electrons. The van der Waals surface area contributed by atoms with Crippen LogP contribution in [0.15, 0.2) is 24.3 Å². The van der Waals surface area contributed by atoms with E-state index in [1.807, 2.05) is 0 Å². The largest absolute Gasteiger partial charge is 0.416 e. The molecule has 6 nitrogen and oxygen atoms in total. The second-order valence-corrected chi connectivity index (χ2v) is 9.99. The summed E-state index contributed by atoms with van der Waals surface area (Å²) < 4.78 is 46.3. The van der Waals surface area contributed by atoms with Crippen LogP contribution in [0.3, 0.4) is 0 Å². The van der Waals surface area contributed by atoms with E-state index in [2.05, 4.69) is 31.6 Å². The van der Waals surface area contributed by atoms with Gasteiger partial charge in [0.05, 0.1) is 5.56 Å². The van der Waals surface area contributed by atoms with Crippen molar-refractivity contribution in [1.82, 2.24) is 19.7 Å². The zero-order valence-corrected chi connectivity index (χ0v) is 19.8. The molecule has 0 aliphatic carbocycles. The lowest BCUT2D eigenvalue weighted by molar-refractivity contribution is -0.137. The third-order valence-corrected chi connectivity index (χ3v) is 7.86. The SMILES string of the molecule is Cn1c(CCCCN2C[C@@H]3CCN(c4ccc(C(F)(F)F)cc4)[C@@H]3C2)nnc1C1CCOCC1. The van der Waals surface area contributed by atoms with E-state index < -0.39 is 11.7 Å². The zero-order valence-electron chi connectivity index (χ0n) is 19.8. The number of ether oxygens (including phenoxy) is 1. The molecule has 2 atom stereocenters. The summed E-state index contributed by atoms with van der Waals surface area (Å²) in [6.45, 7) is 5.67. The molecule has 0 unspecified atom stereocenters. The van der Waals surface area contributed by atoms with Gasteiger partial charge in [0.25, 0.3) is 0 Å². The normalized spacial score (nSPS) is 24.2. The molecule has 0 N–H and O–H groups in total. The van der Waals surface area contributed by atoms with Crippen LogP contribution >= 0.6 is 0 Å². The Hall–Kier alpha value is -2.13. The molecule has 0 saturated carbocycles. The molecule has 4 heterocycles. The second-order valence-electron chi connectivity index (χ2n) is 9.99. The van der Waals surface area contributed by atoms with Crippen LogP contribution in [0, 0.1) is 5.92 Å². The van der Waals surface area contributed by atoms with Crippen molar-refractivity contribution >= 4 is 5.69 Å². The molecule has 3 saturated heterocycles. The van der Waals surface area contributed by atoms with Gasteiger partial charge in [0, 0.05) is 64.0 Å². The van der Waals surface area contributed by atoms with Crippen molar-refractivity contribution < 1.29 is 17.9 Å². The molecule has 34 heavy (non-hydrogen) atoms. The number of likely N-dealkylation sites (tertiary alicyclic amines) is 1. The van der Waals surface area contributed by atoms with Gasteiger partial charge >= 0.3 is 6.18 Å². The fraction of sp³-hybridized carbons (Fsp3) is 0.680. The molecular weight excluding hydrogens is 443 g/mol. The van der Waals surface area contributed by atoms with E-state index >= 15 is 0 Å². The van der Waals surface area contributed by atoms with Crippen LogP contribution in [0.4, 0.5) is 18.9 Å². The molecule has 3 fully saturated rings. The van der Waals surface area contributed by atoms with Gasteiger partial charge in [-0.05, 0) is 68.8 Å². The van der Waals surface area contributed by atoms with Gasteiger partial charge in [-0.2, -0.15) is 13.2 Å². The Morgan fingerprint density at radius 3 is 2.50 bits per heavy atom. The van der Waals surface area contributed by atoms with E-state index in [1.54, 1.807) is 12.1 Å². The highest BCUT2D eigenvalue weighted by molar-refractivity contribution is 5.50. The number of alkyl halides is 3. The number of unbranched alkanes of at least 4 members (excludes halogenated alkanes) is 1. The van der Waals surface area contributed by atoms with Gasteiger partial charge in [0.2, 0.25) is 0 Å². The molecule has 2 aromatic rings. The van der Waals surface area contributed by atoms with E-state index in [1.165, 1.54) is 12.1 Å². The summed E-state index contributed by atoms with van der Waals surface area (Å²) in [4.78, 5) is 4.83. The van der Waals surface area contributed by atoms with Gasteiger partial charge < -0.3 is 19.1 Å². The number of nitrogens with zero attached hydrogens (tertiary/aromatic N) is 5. The van der Waals surface area contributed by atoms with E-state index in [-0.39, 0.29) is 0 Å². The number of anilines is 1. The highest BCUT2D eigenvalue weighted by Crippen LogP contribution is 2.37. The summed E-state index contributed by atoms with van der Waals surface area (Å²) >= 11 is 0. The van der Waals surface area contributed by atoms with Crippen molar-refractivity contribution in [1.29, 1.82) is 0 Å². The molecule has 5 rings (SSSR count). The van der Waals surface area contributed by atoms with Gasteiger partial charge in [-0.3, -0.25) is 0 Å². The van der Waals surface area contributed by atoms with Gasteiger partial charge in [0.15, 0.2) is 0 Å². The molecule has 3 aliphatic rings. The lowest BCUT2D eigenvalue weighted by Crippen LogP contribution is -2.35. The number of rotatable bonds is 7. The number of hydrogen-bond acceptors (Lipinski definition) is 5. The van der Waals surface area contributed by atoms with Crippen molar-refractivity contribution in [2.45, 2.75) is 56.7 Å². The van der Waals surface area contributed by atoms with E-state index in [0.29, 0.717) is 17.9 Å². The molecule has 3 aliphatic heterocycles. The predicted molar refractivity (Wildman–Crippen MR) is 124 cm³/mol. The highest BCUT2D eigenvalue weighted by Gasteiger charge is 2.41. The average Bonchev–Trinajstić information content (AvgIpc) is 3.51. The standard InChI is InChI=1S/C25H34F3N5O/c1-31-23(29-30-24(31)18-10-14-34-15-11-18)4-2-3-12-32-16-19-9-13-33(22(19)17-32)21-7-5-20(6-8-21)25(26,27)28/h5-8,18-19,22H,2-4,9-17H2,1H3/t19-,22+/m0/s1. The third-order valence-electron chi connectivity index (χ3n) is 7.86. The molecule has 0 radical (unpaired) electrons. The van der Waals surface area contributed by atoms with Crippen LogP contribution in [0.25, 0.3) is 0 Å². The van der Waals surface area contributed by atoms with Gasteiger partial charge in [-0.1, -0.05) is 0 Å². The van der Waals surface area contributed by atoms with Crippen LogP contribution in [-0.2, 0) is 24.4 Å². The third kappa shape index (κ3) is 4.96. The van der Waals surface area contributed by atoms with Crippen LogP contribution in [-0.4, -0.2) is 65.1 Å². The van der Waals surface area contributed by atoms with Crippen molar-refractivity contribution in [3.8, 4) is 0 Å². The fourth-order valence-corrected chi connectivity index (χ4v) is 5.92. The minimum atomic E-state index is -4.28. The van der Waals surface area contributed by atoms with Crippen LogP contribution < -0.4 is 4.90 Å². The molecule has 1 aromatic heterocycles. The summed E-state index contributed by atoms with van der Waals surface area (Å²) in [5.41, 5.74) is 0.327. The van der Waals surface area contributed by atoms with Crippen molar-refractivity contribution in [2.75, 3.05) is 44.3 Å². The summed E-state index contributed by atoms with van der Waals surface area (Å²) in [5.74, 6) is 3.21. The number of aryl methyl sites for hydroxylation is 1. The number of benzene rings is 1. The molecule has 0 amide bonds. The maximum absolute atomic E-state index is 12.9. The first-order chi connectivity index (χ1) is 16.4. The molecule has 0 bridgehead atoms. The fourth-order valence-electron chi connectivity index (χ4n) is 5.92. The number of fused-ring (bicyclic) bond motifs is 1. The lowest BCUT2D eigenvalue weighted by Gasteiger charge is -2.27.